The Morgan fingerprint density at radius 1 is 0.969 bits per heavy atom. The van der Waals surface area contributed by atoms with Gasteiger partial charge in [0.15, 0.2) is 0 Å². The van der Waals surface area contributed by atoms with Crippen LogP contribution in [0.5, 0.6) is 5.75 Å². The number of para-hydroxylation sites is 1. The minimum Gasteiger partial charge on any atom is -0.488 e. The van der Waals surface area contributed by atoms with Gasteiger partial charge in [0.2, 0.25) is 0 Å². The minimum absolute atomic E-state index is 0.270. The van der Waals surface area contributed by atoms with Crippen molar-refractivity contribution in [3.8, 4) is 5.75 Å². The second-order valence-corrected chi connectivity index (χ2v) is 8.23. The molecule has 0 bridgehead atoms. The van der Waals surface area contributed by atoms with Crippen molar-refractivity contribution in [3.05, 3.63) is 110 Å². The van der Waals surface area contributed by atoms with Gasteiger partial charge in [0.25, 0.3) is 0 Å². The molecule has 0 unspecified atom stereocenters. The lowest BCUT2D eigenvalue weighted by molar-refractivity contribution is -0.132. The highest BCUT2D eigenvalue weighted by molar-refractivity contribution is 6.35. The summed E-state index contributed by atoms with van der Waals surface area (Å²) in [6.07, 6.45) is 6.41. The Balaban J connectivity index is 1.80. The summed E-state index contributed by atoms with van der Waals surface area (Å²) < 4.78 is 6.13. The summed E-state index contributed by atoms with van der Waals surface area (Å²) in [4.78, 5) is 11.2. The van der Waals surface area contributed by atoms with Gasteiger partial charge < -0.3 is 9.84 Å². The van der Waals surface area contributed by atoms with Gasteiger partial charge in [-0.25, -0.2) is 4.79 Å². The zero-order valence-electron chi connectivity index (χ0n) is 17.9. The smallest absolute Gasteiger partial charge is 0.331 e. The molecule has 0 aromatic heterocycles. The van der Waals surface area contributed by atoms with E-state index >= 15 is 0 Å². The zero-order valence-corrected chi connectivity index (χ0v) is 19.5. The molecule has 0 atom stereocenters. The quantitative estimate of drug-likeness (QED) is 0.347. The van der Waals surface area contributed by atoms with Crippen LogP contribution in [0.2, 0.25) is 10.0 Å². The number of hydrogen-bond acceptors (Lipinski definition) is 2. The summed E-state index contributed by atoms with van der Waals surface area (Å²) in [5.41, 5.74) is 4.95. The average Bonchev–Trinajstić information content (AvgIpc) is 2.76. The highest BCUT2D eigenvalue weighted by Gasteiger charge is 2.10. The maximum absolute atomic E-state index is 11.2. The van der Waals surface area contributed by atoms with Crippen molar-refractivity contribution in [3.63, 3.8) is 0 Å². The van der Waals surface area contributed by atoms with Crippen molar-refractivity contribution in [2.75, 3.05) is 0 Å². The first-order valence-electron chi connectivity index (χ1n) is 10.2. The standard InChI is InChI=1S/C27H24Cl2O3/c1-18-8-5-12-21(26(18)32-17-23-24(28)14-7-15-25(23)29)13-6-11-20-9-3-4-10-22(20)16-19(2)27(30)31/h3-10,12-16H,11,17H2,1-2H3,(H,30,31). The monoisotopic (exact) mass is 466 g/mol. The van der Waals surface area contributed by atoms with Crippen LogP contribution in [0.15, 0.2) is 72.3 Å². The fraction of sp³-hybridized carbons (Fsp3) is 0.148. The Kier molecular flexibility index (Phi) is 8.15. The lowest BCUT2D eigenvalue weighted by atomic mass is 10.0. The number of carbonyl (C=O) groups is 1. The number of hydrogen-bond donors (Lipinski definition) is 1. The lowest BCUT2D eigenvalue weighted by Gasteiger charge is -2.14. The number of aliphatic carboxylic acids is 1. The van der Waals surface area contributed by atoms with Gasteiger partial charge in [-0.15, -0.1) is 0 Å². The molecule has 5 heteroatoms. The van der Waals surface area contributed by atoms with E-state index in [0.717, 1.165) is 33.6 Å². The largest absolute Gasteiger partial charge is 0.488 e. The van der Waals surface area contributed by atoms with E-state index in [4.69, 9.17) is 33.0 Å². The summed E-state index contributed by atoms with van der Waals surface area (Å²) in [5, 5.41) is 10.3. The van der Waals surface area contributed by atoms with Crippen molar-refractivity contribution < 1.29 is 14.6 Å². The number of allylic oxidation sites excluding steroid dienone is 1. The SMILES string of the molecule is CC(=Cc1ccccc1CC=Cc1cccc(C)c1OCc1c(Cl)cccc1Cl)C(=O)O. The minimum atomic E-state index is -0.921. The lowest BCUT2D eigenvalue weighted by Crippen LogP contribution is -2.00. The Bertz CT molecular complexity index is 1160. The molecule has 3 nitrogen and oxygen atoms in total. The predicted molar refractivity (Wildman–Crippen MR) is 132 cm³/mol. The van der Waals surface area contributed by atoms with Crippen molar-refractivity contribution in [1.82, 2.24) is 0 Å². The fourth-order valence-electron chi connectivity index (χ4n) is 3.29. The van der Waals surface area contributed by atoms with Crippen molar-refractivity contribution >= 4 is 41.3 Å². The molecule has 164 valence electrons. The number of rotatable bonds is 8. The Hall–Kier alpha value is -3.01. The molecule has 0 radical (unpaired) electrons. The van der Waals surface area contributed by atoms with E-state index in [1.807, 2.05) is 61.5 Å². The van der Waals surface area contributed by atoms with Crippen LogP contribution in [-0.4, -0.2) is 11.1 Å². The molecule has 1 N–H and O–H groups in total. The molecule has 0 aliphatic carbocycles. The van der Waals surface area contributed by atoms with Crippen molar-refractivity contribution in [1.29, 1.82) is 0 Å². The van der Waals surface area contributed by atoms with Crippen molar-refractivity contribution in [2.45, 2.75) is 26.9 Å². The third kappa shape index (κ3) is 6.03. The number of ether oxygens (including phenoxy) is 1. The van der Waals surface area contributed by atoms with E-state index in [2.05, 4.69) is 0 Å². The van der Waals surface area contributed by atoms with Crippen LogP contribution in [0, 0.1) is 6.92 Å². The van der Waals surface area contributed by atoms with Crippen LogP contribution < -0.4 is 4.74 Å². The number of carboxylic acid groups (broad SMARTS) is 1. The predicted octanol–water partition coefficient (Wildman–Crippen LogP) is 7.62. The molecule has 0 spiro atoms. The Labute approximate surface area is 198 Å². The fourth-order valence-corrected chi connectivity index (χ4v) is 3.79. The van der Waals surface area contributed by atoms with E-state index in [9.17, 15) is 4.79 Å². The molecule has 3 aromatic rings. The zero-order chi connectivity index (χ0) is 23.1. The molecular formula is C27H24Cl2O3. The molecule has 0 amide bonds. The average molecular weight is 467 g/mol. The highest BCUT2D eigenvalue weighted by atomic mass is 35.5. The maximum atomic E-state index is 11.2. The molecular weight excluding hydrogens is 443 g/mol. The summed E-state index contributed by atoms with van der Waals surface area (Å²) in [5.74, 6) is -0.148. The summed E-state index contributed by atoms with van der Waals surface area (Å²) in [6.45, 7) is 3.86. The van der Waals surface area contributed by atoms with Crippen LogP contribution in [0.25, 0.3) is 12.2 Å². The van der Waals surface area contributed by atoms with Gasteiger partial charge in [0.1, 0.15) is 12.4 Å². The summed E-state index contributed by atoms with van der Waals surface area (Å²) >= 11 is 12.6. The molecule has 3 rings (SSSR count). The van der Waals surface area contributed by atoms with Gasteiger partial charge in [-0.2, -0.15) is 0 Å². The van der Waals surface area contributed by atoms with Gasteiger partial charge in [-0.1, -0.05) is 83.9 Å². The second-order valence-electron chi connectivity index (χ2n) is 7.42. The Morgan fingerprint density at radius 2 is 1.62 bits per heavy atom. The topological polar surface area (TPSA) is 46.5 Å². The first-order chi connectivity index (χ1) is 15.4. The molecule has 0 heterocycles. The van der Waals surface area contributed by atoms with E-state index in [1.165, 1.54) is 0 Å². The first kappa shape index (κ1) is 23.6. The van der Waals surface area contributed by atoms with Gasteiger partial charge in [0.05, 0.1) is 0 Å². The van der Waals surface area contributed by atoms with Crippen LogP contribution in [0.4, 0.5) is 0 Å². The van der Waals surface area contributed by atoms with E-state index < -0.39 is 5.97 Å². The Morgan fingerprint density at radius 3 is 2.34 bits per heavy atom. The van der Waals surface area contributed by atoms with Crippen molar-refractivity contribution in [2.24, 2.45) is 0 Å². The maximum Gasteiger partial charge on any atom is 0.331 e. The van der Waals surface area contributed by atoms with E-state index in [0.29, 0.717) is 22.0 Å². The molecule has 0 fully saturated rings. The number of benzene rings is 3. The number of carboxylic acids is 1. The third-order valence-electron chi connectivity index (χ3n) is 5.06. The van der Waals surface area contributed by atoms with Crippen LogP contribution in [-0.2, 0) is 17.8 Å². The van der Waals surface area contributed by atoms with E-state index in [-0.39, 0.29) is 6.61 Å². The molecule has 0 aliphatic rings. The van der Waals surface area contributed by atoms with Crippen LogP contribution in [0.1, 0.15) is 34.7 Å². The normalized spacial score (nSPS) is 11.7. The van der Waals surface area contributed by atoms with Gasteiger partial charge in [0, 0.05) is 26.7 Å². The third-order valence-corrected chi connectivity index (χ3v) is 5.77. The highest BCUT2D eigenvalue weighted by Crippen LogP contribution is 2.30. The molecule has 0 saturated carbocycles. The van der Waals surface area contributed by atoms with Gasteiger partial charge in [-0.05, 0) is 55.2 Å². The second kappa shape index (κ2) is 11.0. The first-order valence-corrected chi connectivity index (χ1v) is 10.9. The number of aryl methyl sites for hydroxylation is 1. The van der Waals surface area contributed by atoms with Gasteiger partial charge >= 0.3 is 5.97 Å². The molecule has 3 aromatic carbocycles. The molecule has 0 aliphatic heterocycles. The number of halogens is 2. The van der Waals surface area contributed by atoms with E-state index in [1.54, 1.807) is 31.2 Å². The van der Waals surface area contributed by atoms with Crippen LogP contribution >= 0.6 is 23.2 Å². The van der Waals surface area contributed by atoms with Gasteiger partial charge in [-0.3, -0.25) is 0 Å². The molecule has 32 heavy (non-hydrogen) atoms. The molecule has 0 saturated heterocycles. The van der Waals surface area contributed by atoms with Crippen LogP contribution in [0.3, 0.4) is 0 Å². The summed E-state index contributed by atoms with van der Waals surface area (Å²) in [6, 6.07) is 19.1. The summed E-state index contributed by atoms with van der Waals surface area (Å²) in [7, 11) is 0.